The molecule has 10 nitrogen and oxygen atoms in total. The number of hydrogen-bond donors (Lipinski definition) is 1. The van der Waals surface area contributed by atoms with Crippen LogP contribution in [-0.2, 0) is 16.1 Å². The van der Waals surface area contributed by atoms with E-state index in [2.05, 4.69) is 44.5 Å². The van der Waals surface area contributed by atoms with Crippen LogP contribution in [0.4, 0.5) is 0 Å². The first-order valence-electron chi connectivity index (χ1n) is 11.1. The fourth-order valence-corrected chi connectivity index (χ4v) is 5.25. The summed E-state index contributed by atoms with van der Waals surface area (Å²) in [4.78, 5) is 15.5. The molecule has 1 atom stereocenters. The van der Waals surface area contributed by atoms with E-state index in [0.29, 0.717) is 30.8 Å². The van der Waals surface area contributed by atoms with Crippen molar-refractivity contribution in [3.63, 3.8) is 0 Å². The highest BCUT2D eigenvalue weighted by atomic mass is 16.5. The van der Waals surface area contributed by atoms with E-state index >= 15 is 0 Å². The number of allylic oxidation sites excluding steroid dienone is 1. The number of amides is 1. The van der Waals surface area contributed by atoms with Crippen LogP contribution in [0.3, 0.4) is 0 Å². The topological polar surface area (TPSA) is 111 Å². The molecule has 3 aliphatic rings. The zero-order valence-electron chi connectivity index (χ0n) is 18.5. The maximum atomic E-state index is 13.5. The summed E-state index contributed by atoms with van der Waals surface area (Å²) in [7, 11) is 0. The van der Waals surface area contributed by atoms with Crippen molar-refractivity contribution in [2.24, 2.45) is 5.41 Å². The summed E-state index contributed by atoms with van der Waals surface area (Å²) in [6.45, 7) is 9.18. The third-order valence-electron chi connectivity index (χ3n) is 7.13. The van der Waals surface area contributed by atoms with Crippen molar-refractivity contribution < 1.29 is 9.53 Å². The molecule has 10 heteroatoms. The first kappa shape index (κ1) is 20.7. The largest absolute Gasteiger partial charge is 0.488 e. The third-order valence-corrected chi connectivity index (χ3v) is 7.13. The van der Waals surface area contributed by atoms with Gasteiger partial charge in [0, 0.05) is 24.2 Å². The van der Waals surface area contributed by atoms with Crippen LogP contribution < -0.4 is 5.32 Å². The Morgan fingerprint density at radius 1 is 1.28 bits per heavy atom. The Labute approximate surface area is 186 Å². The van der Waals surface area contributed by atoms with E-state index in [4.69, 9.17) is 4.74 Å². The molecular formula is C22H28N8O2. The fraction of sp³-hybridized carbons (Fsp3) is 0.545. The maximum Gasteiger partial charge on any atom is 0.233 e. The second kappa shape index (κ2) is 8.09. The van der Waals surface area contributed by atoms with Crippen LogP contribution in [0.25, 0.3) is 5.82 Å². The monoisotopic (exact) mass is 436 g/mol. The van der Waals surface area contributed by atoms with Gasteiger partial charge in [-0.05, 0) is 68.5 Å². The zero-order chi connectivity index (χ0) is 22.3. The lowest BCUT2D eigenvalue weighted by Gasteiger charge is -2.36. The minimum Gasteiger partial charge on any atom is -0.488 e. The maximum absolute atomic E-state index is 13.5. The third kappa shape index (κ3) is 3.58. The molecule has 1 aliphatic carbocycles. The molecule has 1 spiro atoms. The molecule has 2 aromatic heterocycles. The number of hydrogen-bond acceptors (Lipinski definition) is 8. The van der Waals surface area contributed by atoms with E-state index in [0.717, 1.165) is 49.1 Å². The number of carbonyl (C=O) groups is 1. The van der Waals surface area contributed by atoms with Crippen LogP contribution in [0.2, 0.25) is 0 Å². The van der Waals surface area contributed by atoms with Crippen LogP contribution in [0.1, 0.15) is 51.6 Å². The second-order valence-corrected chi connectivity index (χ2v) is 9.08. The van der Waals surface area contributed by atoms with Crippen molar-refractivity contribution in [1.29, 1.82) is 0 Å². The Hall–Kier alpha value is -3.14. The number of aromatic nitrogens is 6. The number of tetrazole rings is 1. The van der Waals surface area contributed by atoms with Crippen molar-refractivity contribution in [3.05, 3.63) is 47.8 Å². The predicted octanol–water partition coefficient (Wildman–Crippen LogP) is 1.91. The van der Waals surface area contributed by atoms with Gasteiger partial charge in [-0.2, -0.15) is 9.78 Å². The Kier molecular flexibility index (Phi) is 5.24. The molecule has 2 aromatic rings. The van der Waals surface area contributed by atoms with Crippen molar-refractivity contribution in [1.82, 2.24) is 40.6 Å². The smallest absolute Gasteiger partial charge is 0.233 e. The van der Waals surface area contributed by atoms with E-state index < -0.39 is 0 Å². The van der Waals surface area contributed by atoms with Gasteiger partial charge in [0.05, 0.1) is 16.8 Å². The highest BCUT2D eigenvalue weighted by molar-refractivity contribution is 5.87. The average molecular weight is 437 g/mol. The molecule has 168 valence electrons. The molecule has 1 saturated heterocycles. The van der Waals surface area contributed by atoms with Gasteiger partial charge >= 0.3 is 0 Å². The first-order chi connectivity index (χ1) is 15.5. The first-order valence-corrected chi connectivity index (χ1v) is 11.1. The van der Waals surface area contributed by atoms with Crippen molar-refractivity contribution >= 4 is 5.91 Å². The summed E-state index contributed by atoms with van der Waals surface area (Å²) >= 11 is 0. The van der Waals surface area contributed by atoms with Crippen LogP contribution in [0, 0.1) is 5.41 Å². The normalized spacial score (nSPS) is 28.1. The number of rotatable bonds is 5. The molecule has 32 heavy (non-hydrogen) atoms. The van der Waals surface area contributed by atoms with Gasteiger partial charge in [0.25, 0.3) is 0 Å². The van der Waals surface area contributed by atoms with Gasteiger partial charge in [-0.3, -0.25) is 4.79 Å². The standard InChI is InChI=1S/C22H28N8O2/c1-14-10-22(21(31)30(14)19-12-32-16(3)15(19)2)8-6-17(7-9-22)23-11-18-4-5-20(26-25-18)29-13-24-27-28-29/h4-5,13-14,17,23H,3,6-12H2,1-2H3. The molecule has 2 fully saturated rings. The minimum atomic E-state index is -0.248. The molecule has 1 saturated carbocycles. The van der Waals surface area contributed by atoms with Crippen LogP contribution in [0.5, 0.6) is 0 Å². The van der Waals surface area contributed by atoms with Crippen molar-refractivity contribution in [2.45, 2.75) is 64.6 Å². The number of nitrogens with zero attached hydrogens (tertiary/aromatic N) is 7. The Morgan fingerprint density at radius 2 is 2.09 bits per heavy atom. The molecule has 5 rings (SSSR count). The highest BCUT2D eigenvalue weighted by Crippen LogP contribution is 2.49. The minimum absolute atomic E-state index is 0.195. The number of likely N-dealkylation sites (tertiary alicyclic amines) is 1. The Morgan fingerprint density at radius 3 is 2.72 bits per heavy atom. The molecule has 1 unspecified atom stereocenters. The Bertz CT molecular complexity index is 1040. The highest BCUT2D eigenvalue weighted by Gasteiger charge is 2.52. The second-order valence-electron chi connectivity index (χ2n) is 9.08. The molecule has 4 heterocycles. The summed E-state index contributed by atoms with van der Waals surface area (Å²) in [6, 6.07) is 4.34. The van der Waals surface area contributed by atoms with E-state index in [9.17, 15) is 4.79 Å². The quantitative estimate of drug-likeness (QED) is 0.757. The molecule has 0 bridgehead atoms. The van der Waals surface area contributed by atoms with Gasteiger partial charge < -0.3 is 15.0 Å². The lowest BCUT2D eigenvalue weighted by atomic mass is 9.70. The van der Waals surface area contributed by atoms with Gasteiger partial charge in [-0.15, -0.1) is 10.2 Å². The molecule has 2 aliphatic heterocycles. The number of carbonyl (C=O) groups excluding carboxylic acids is 1. The number of ether oxygens (including phenoxy) is 1. The summed E-state index contributed by atoms with van der Waals surface area (Å²) in [5.41, 5.74) is 2.61. The van der Waals surface area contributed by atoms with Crippen molar-refractivity contribution in [2.75, 3.05) is 6.61 Å². The SMILES string of the molecule is C=C1OCC(N2C(=O)C3(CCC(NCc4ccc(-n5cnnn5)nn4)CC3)CC2C)=C1C. The lowest BCUT2D eigenvalue weighted by Crippen LogP contribution is -2.42. The van der Waals surface area contributed by atoms with Gasteiger partial charge in [0.15, 0.2) is 5.82 Å². The zero-order valence-corrected chi connectivity index (χ0v) is 18.5. The summed E-state index contributed by atoms with van der Waals surface area (Å²) in [6.07, 6.45) is 6.16. The molecule has 0 aromatic carbocycles. The van der Waals surface area contributed by atoms with E-state index in [1.165, 1.54) is 11.0 Å². The number of nitrogens with one attached hydrogen (secondary N) is 1. The molecule has 0 radical (unpaired) electrons. The van der Waals surface area contributed by atoms with E-state index in [1.54, 1.807) is 0 Å². The summed E-state index contributed by atoms with van der Waals surface area (Å²) < 4.78 is 7.06. The van der Waals surface area contributed by atoms with Gasteiger partial charge in [-0.25, -0.2) is 0 Å². The average Bonchev–Trinajstić information content (AvgIpc) is 3.50. The van der Waals surface area contributed by atoms with Crippen LogP contribution in [-0.4, -0.2) is 59.9 Å². The van der Waals surface area contributed by atoms with Crippen LogP contribution >= 0.6 is 0 Å². The predicted molar refractivity (Wildman–Crippen MR) is 115 cm³/mol. The summed E-state index contributed by atoms with van der Waals surface area (Å²) in [5.74, 6) is 1.53. The van der Waals surface area contributed by atoms with E-state index in [1.807, 2.05) is 24.0 Å². The molecular weight excluding hydrogens is 408 g/mol. The Balaban J connectivity index is 1.17. The van der Waals surface area contributed by atoms with Gasteiger partial charge in [0.1, 0.15) is 18.7 Å². The fourth-order valence-electron chi connectivity index (χ4n) is 5.25. The van der Waals surface area contributed by atoms with E-state index in [-0.39, 0.29) is 17.4 Å². The summed E-state index contributed by atoms with van der Waals surface area (Å²) in [5, 5.41) is 23.1. The van der Waals surface area contributed by atoms with Gasteiger partial charge in [-0.1, -0.05) is 6.58 Å². The molecule has 1 amide bonds. The van der Waals surface area contributed by atoms with Crippen molar-refractivity contribution in [3.8, 4) is 5.82 Å². The molecule has 1 N–H and O–H groups in total. The lowest BCUT2D eigenvalue weighted by molar-refractivity contribution is -0.136. The van der Waals surface area contributed by atoms with Crippen LogP contribution in [0.15, 0.2) is 42.1 Å². The van der Waals surface area contributed by atoms with Gasteiger partial charge in [0.2, 0.25) is 5.91 Å².